The summed E-state index contributed by atoms with van der Waals surface area (Å²) in [4.78, 5) is 24.5. The highest BCUT2D eigenvalue weighted by Crippen LogP contribution is 2.26. The monoisotopic (exact) mass is 487 g/mol. The molecule has 0 aliphatic carbocycles. The quantitative estimate of drug-likeness (QED) is 0.540. The minimum atomic E-state index is -3.32. The minimum absolute atomic E-state index is 0.0204. The summed E-state index contributed by atoms with van der Waals surface area (Å²) >= 11 is 0. The lowest BCUT2D eigenvalue weighted by atomic mass is 9.87. The number of rotatable bonds is 7. The van der Waals surface area contributed by atoms with Gasteiger partial charge in [0.25, 0.3) is 5.91 Å². The van der Waals surface area contributed by atoms with Gasteiger partial charge in [0.2, 0.25) is 10.0 Å². The van der Waals surface area contributed by atoms with E-state index in [-0.39, 0.29) is 35.2 Å². The third-order valence-electron chi connectivity index (χ3n) is 6.02. The topological polar surface area (TPSA) is 116 Å². The van der Waals surface area contributed by atoms with E-state index in [0.29, 0.717) is 36.3 Å². The molecular formula is C25H33N3O5S. The molecule has 2 aromatic rings. The normalized spacial score (nSPS) is 17.2. The van der Waals surface area contributed by atoms with Crippen LogP contribution in [0.15, 0.2) is 42.5 Å². The second kappa shape index (κ2) is 10.1. The number of anilines is 2. The molecule has 2 aromatic carbocycles. The van der Waals surface area contributed by atoms with Gasteiger partial charge < -0.3 is 15.7 Å². The largest absolute Gasteiger partial charge is 0.478 e. The van der Waals surface area contributed by atoms with Crippen LogP contribution in [0.5, 0.6) is 0 Å². The molecule has 1 saturated heterocycles. The van der Waals surface area contributed by atoms with Crippen LogP contribution in [-0.4, -0.2) is 54.6 Å². The maximum absolute atomic E-state index is 12.8. The fourth-order valence-corrected chi connectivity index (χ4v) is 5.15. The summed E-state index contributed by atoms with van der Waals surface area (Å²) in [5, 5.41) is 15.6. The first-order chi connectivity index (χ1) is 15.9. The molecule has 3 N–H and O–H groups in total. The van der Waals surface area contributed by atoms with Crippen LogP contribution in [0.2, 0.25) is 0 Å². The van der Waals surface area contributed by atoms with Crippen molar-refractivity contribution in [1.82, 2.24) is 4.31 Å². The van der Waals surface area contributed by atoms with E-state index in [4.69, 9.17) is 0 Å². The molecule has 1 amide bonds. The summed E-state index contributed by atoms with van der Waals surface area (Å²) in [6, 6.07) is 11.7. The van der Waals surface area contributed by atoms with E-state index in [1.165, 1.54) is 10.4 Å². The van der Waals surface area contributed by atoms with Crippen molar-refractivity contribution < 1.29 is 23.1 Å². The second-order valence-corrected chi connectivity index (χ2v) is 11.8. The maximum atomic E-state index is 12.8. The smallest absolute Gasteiger partial charge is 0.337 e. The van der Waals surface area contributed by atoms with Gasteiger partial charge in [-0.3, -0.25) is 4.79 Å². The number of benzene rings is 2. The number of aromatic carboxylic acids is 1. The number of sulfonamides is 1. The zero-order valence-corrected chi connectivity index (χ0v) is 20.9. The molecule has 1 heterocycles. The van der Waals surface area contributed by atoms with Crippen molar-refractivity contribution in [3.05, 3.63) is 59.2 Å². The summed E-state index contributed by atoms with van der Waals surface area (Å²) in [6.07, 6.45) is 1.39. The van der Waals surface area contributed by atoms with Crippen LogP contribution in [0.4, 0.5) is 11.4 Å². The van der Waals surface area contributed by atoms with Gasteiger partial charge in [0, 0.05) is 30.4 Å². The van der Waals surface area contributed by atoms with Crippen LogP contribution in [-0.2, 0) is 15.4 Å². The lowest BCUT2D eigenvalue weighted by Crippen LogP contribution is -2.45. The number of carboxylic acid groups (broad SMARTS) is 1. The first-order valence-corrected chi connectivity index (χ1v) is 13.0. The van der Waals surface area contributed by atoms with Crippen LogP contribution >= 0.6 is 0 Å². The van der Waals surface area contributed by atoms with Crippen molar-refractivity contribution in [2.45, 2.75) is 52.0 Å². The Labute approximate surface area is 201 Å². The molecule has 0 aromatic heterocycles. The Balaban J connectivity index is 1.78. The predicted octanol–water partition coefficient (Wildman–Crippen LogP) is 4.16. The van der Waals surface area contributed by atoms with E-state index < -0.39 is 16.0 Å². The highest BCUT2D eigenvalue weighted by Gasteiger charge is 2.28. The lowest BCUT2D eigenvalue weighted by Gasteiger charge is -2.33. The van der Waals surface area contributed by atoms with Crippen LogP contribution in [0.3, 0.4) is 0 Å². The SMILES string of the molecule is CCS(=O)(=O)N1CCCC(Nc2cc(NC(=O)c3ccc(C(C)(C)C)cc3)ccc2C(=O)O)C1. The van der Waals surface area contributed by atoms with Gasteiger partial charge in [0.1, 0.15) is 0 Å². The molecule has 1 fully saturated rings. The van der Waals surface area contributed by atoms with Gasteiger partial charge >= 0.3 is 5.97 Å². The number of nitrogens with zero attached hydrogens (tertiary/aromatic N) is 1. The van der Waals surface area contributed by atoms with E-state index in [2.05, 4.69) is 31.4 Å². The summed E-state index contributed by atoms with van der Waals surface area (Å²) in [5.74, 6) is -1.38. The summed E-state index contributed by atoms with van der Waals surface area (Å²) in [7, 11) is -3.32. The van der Waals surface area contributed by atoms with Gasteiger partial charge in [-0.15, -0.1) is 0 Å². The summed E-state index contributed by atoms with van der Waals surface area (Å²) in [5.41, 5.74) is 2.45. The Hall–Kier alpha value is -2.91. The molecule has 1 unspecified atom stereocenters. The Morgan fingerprint density at radius 1 is 1.12 bits per heavy atom. The molecule has 0 spiro atoms. The van der Waals surface area contributed by atoms with Crippen LogP contribution in [0, 0.1) is 0 Å². The average Bonchev–Trinajstić information content (AvgIpc) is 2.78. The number of carbonyl (C=O) groups is 2. The molecule has 1 aliphatic heterocycles. The Morgan fingerprint density at radius 3 is 2.38 bits per heavy atom. The highest BCUT2D eigenvalue weighted by atomic mass is 32.2. The van der Waals surface area contributed by atoms with Crippen molar-refractivity contribution >= 4 is 33.3 Å². The first kappa shape index (κ1) is 25.7. The number of piperidine rings is 1. The minimum Gasteiger partial charge on any atom is -0.478 e. The molecule has 0 radical (unpaired) electrons. The van der Waals surface area contributed by atoms with Gasteiger partial charge in [0.05, 0.1) is 17.0 Å². The zero-order chi connectivity index (χ0) is 25.1. The number of nitrogens with one attached hydrogen (secondary N) is 2. The van der Waals surface area contributed by atoms with Crippen molar-refractivity contribution in [2.75, 3.05) is 29.5 Å². The van der Waals surface area contributed by atoms with Crippen molar-refractivity contribution in [3.63, 3.8) is 0 Å². The van der Waals surface area contributed by atoms with Gasteiger partial charge in [-0.2, -0.15) is 4.31 Å². The van der Waals surface area contributed by atoms with Crippen LogP contribution < -0.4 is 10.6 Å². The number of carbonyl (C=O) groups excluding carboxylic acids is 1. The lowest BCUT2D eigenvalue weighted by molar-refractivity contribution is 0.0697. The molecule has 34 heavy (non-hydrogen) atoms. The Kier molecular flexibility index (Phi) is 7.67. The summed E-state index contributed by atoms with van der Waals surface area (Å²) in [6.45, 7) is 8.64. The number of carboxylic acids is 1. The van der Waals surface area contributed by atoms with Gasteiger partial charge in [0.15, 0.2) is 0 Å². The van der Waals surface area contributed by atoms with Gasteiger partial charge in [-0.05, 0) is 61.1 Å². The van der Waals surface area contributed by atoms with Crippen molar-refractivity contribution in [3.8, 4) is 0 Å². The van der Waals surface area contributed by atoms with E-state index in [1.54, 1.807) is 31.2 Å². The number of hydrogen-bond donors (Lipinski definition) is 3. The average molecular weight is 488 g/mol. The third-order valence-corrected chi connectivity index (χ3v) is 7.87. The maximum Gasteiger partial charge on any atom is 0.337 e. The van der Waals surface area contributed by atoms with Crippen molar-refractivity contribution in [1.29, 1.82) is 0 Å². The Bertz CT molecular complexity index is 1150. The predicted molar refractivity (Wildman–Crippen MR) is 134 cm³/mol. The number of amides is 1. The zero-order valence-electron chi connectivity index (χ0n) is 20.1. The van der Waals surface area contributed by atoms with E-state index in [1.807, 2.05) is 12.1 Å². The third kappa shape index (κ3) is 6.15. The standard InChI is InChI=1S/C25H33N3O5S/c1-5-34(32,33)28-14-6-7-20(16-28)26-22-15-19(12-13-21(22)24(30)31)27-23(29)17-8-10-18(11-9-17)25(2,3)4/h8-13,15,20,26H,5-7,14,16H2,1-4H3,(H,27,29)(H,30,31). The van der Waals surface area contributed by atoms with Crippen LogP contribution in [0.25, 0.3) is 0 Å². The molecule has 3 rings (SSSR count). The molecule has 184 valence electrons. The molecular weight excluding hydrogens is 454 g/mol. The van der Waals surface area contributed by atoms with Gasteiger partial charge in [-0.1, -0.05) is 32.9 Å². The molecule has 9 heteroatoms. The van der Waals surface area contributed by atoms with Crippen LogP contribution in [0.1, 0.15) is 66.8 Å². The number of hydrogen-bond acceptors (Lipinski definition) is 5. The van der Waals surface area contributed by atoms with Gasteiger partial charge in [-0.25, -0.2) is 13.2 Å². The first-order valence-electron chi connectivity index (χ1n) is 11.4. The van der Waals surface area contributed by atoms with E-state index in [9.17, 15) is 23.1 Å². The highest BCUT2D eigenvalue weighted by molar-refractivity contribution is 7.89. The van der Waals surface area contributed by atoms with Crippen molar-refractivity contribution in [2.24, 2.45) is 0 Å². The molecule has 0 bridgehead atoms. The molecule has 1 aliphatic rings. The Morgan fingerprint density at radius 2 is 1.79 bits per heavy atom. The summed E-state index contributed by atoms with van der Waals surface area (Å²) < 4.78 is 26.0. The molecule has 1 atom stereocenters. The fourth-order valence-electron chi connectivity index (χ4n) is 3.97. The molecule has 0 saturated carbocycles. The van der Waals surface area contributed by atoms with E-state index in [0.717, 1.165) is 5.56 Å². The molecule has 8 nitrogen and oxygen atoms in total. The fraction of sp³-hybridized carbons (Fsp3) is 0.440. The van der Waals surface area contributed by atoms with E-state index >= 15 is 0 Å². The second-order valence-electron chi connectivity index (χ2n) is 9.59.